The highest BCUT2D eigenvalue weighted by atomic mass is 16.5. The van der Waals surface area contributed by atoms with Gasteiger partial charge in [0.2, 0.25) is 11.8 Å². The van der Waals surface area contributed by atoms with E-state index in [0.29, 0.717) is 17.9 Å². The summed E-state index contributed by atoms with van der Waals surface area (Å²) in [5.41, 5.74) is 0. The Morgan fingerprint density at radius 3 is 2.93 bits per heavy atom. The fourth-order valence-corrected chi connectivity index (χ4v) is 1.13. The van der Waals surface area contributed by atoms with Gasteiger partial charge in [0, 0.05) is 18.3 Å². The lowest BCUT2D eigenvalue weighted by Crippen LogP contribution is -2.10. The molecule has 0 aromatic carbocycles. The van der Waals surface area contributed by atoms with E-state index in [1.807, 2.05) is 13.8 Å². The van der Waals surface area contributed by atoms with Crippen LogP contribution in [0.15, 0.2) is 12.3 Å². The number of nitrogens with one attached hydrogen (secondary N) is 1. The zero-order valence-electron chi connectivity index (χ0n) is 8.53. The third-order valence-corrected chi connectivity index (χ3v) is 1.90. The smallest absolute Gasteiger partial charge is 0.226 e. The maximum Gasteiger partial charge on any atom is 0.226 e. The predicted molar refractivity (Wildman–Crippen MR) is 54.4 cm³/mol. The van der Waals surface area contributed by atoms with Crippen LogP contribution in [0, 0.1) is 0 Å². The highest BCUT2D eigenvalue weighted by molar-refractivity contribution is 5.30. The minimum atomic E-state index is 0.152. The van der Waals surface area contributed by atoms with E-state index < -0.39 is 0 Å². The summed E-state index contributed by atoms with van der Waals surface area (Å²) in [5.74, 6) is 1.31. The van der Waals surface area contributed by atoms with E-state index in [9.17, 15) is 0 Å². The molecule has 0 bridgehead atoms. The summed E-state index contributed by atoms with van der Waals surface area (Å²) >= 11 is 0. The second-order valence-corrected chi connectivity index (χ2v) is 3.80. The topological polar surface area (TPSA) is 47.0 Å². The number of rotatable bonds is 4. The number of ether oxygens (including phenoxy) is 1. The van der Waals surface area contributed by atoms with E-state index in [2.05, 4.69) is 15.3 Å². The van der Waals surface area contributed by atoms with Crippen molar-refractivity contribution in [3.05, 3.63) is 12.3 Å². The first-order valence-corrected chi connectivity index (χ1v) is 5.00. The Hall–Kier alpha value is -1.32. The summed E-state index contributed by atoms with van der Waals surface area (Å²) in [5, 5.41) is 3.23. The van der Waals surface area contributed by atoms with Gasteiger partial charge in [0.15, 0.2) is 0 Å². The SMILES string of the molecule is CC(C)Oc1ccnc(NC2CC2)n1. The molecular formula is C10H15N3O. The van der Waals surface area contributed by atoms with Gasteiger partial charge < -0.3 is 10.1 Å². The molecule has 0 saturated heterocycles. The van der Waals surface area contributed by atoms with Crippen LogP contribution in [0.25, 0.3) is 0 Å². The first-order chi connectivity index (χ1) is 6.74. The molecule has 1 aliphatic carbocycles. The molecule has 1 heterocycles. The van der Waals surface area contributed by atoms with Gasteiger partial charge >= 0.3 is 0 Å². The molecule has 0 spiro atoms. The Morgan fingerprint density at radius 1 is 1.50 bits per heavy atom. The standard InChI is InChI=1S/C10H15N3O/c1-7(2)14-9-5-6-11-10(13-9)12-8-3-4-8/h5-8H,3-4H2,1-2H3,(H,11,12,13). The highest BCUT2D eigenvalue weighted by Crippen LogP contribution is 2.23. The predicted octanol–water partition coefficient (Wildman–Crippen LogP) is 1.84. The van der Waals surface area contributed by atoms with Crippen LogP contribution < -0.4 is 10.1 Å². The fraction of sp³-hybridized carbons (Fsp3) is 0.600. The molecule has 4 nitrogen and oxygen atoms in total. The van der Waals surface area contributed by atoms with Crippen molar-refractivity contribution in [1.82, 2.24) is 9.97 Å². The third kappa shape index (κ3) is 2.58. The van der Waals surface area contributed by atoms with Gasteiger partial charge in [-0.2, -0.15) is 4.98 Å². The van der Waals surface area contributed by atoms with Gasteiger partial charge in [0.1, 0.15) is 0 Å². The van der Waals surface area contributed by atoms with Gasteiger partial charge in [-0.25, -0.2) is 4.98 Å². The van der Waals surface area contributed by atoms with E-state index in [1.165, 1.54) is 12.8 Å². The number of hydrogen-bond donors (Lipinski definition) is 1. The molecule has 1 fully saturated rings. The van der Waals surface area contributed by atoms with E-state index in [0.717, 1.165) is 0 Å². The van der Waals surface area contributed by atoms with Gasteiger partial charge in [-0.1, -0.05) is 0 Å². The third-order valence-electron chi connectivity index (χ3n) is 1.90. The van der Waals surface area contributed by atoms with Crippen molar-refractivity contribution >= 4 is 5.95 Å². The molecule has 4 heteroatoms. The van der Waals surface area contributed by atoms with Crippen molar-refractivity contribution in [2.24, 2.45) is 0 Å². The molecule has 14 heavy (non-hydrogen) atoms. The maximum absolute atomic E-state index is 5.47. The molecule has 1 aliphatic rings. The molecule has 0 amide bonds. The van der Waals surface area contributed by atoms with Crippen LogP contribution in [0.1, 0.15) is 26.7 Å². The summed E-state index contributed by atoms with van der Waals surface area (Å²) in [6, 6.07) is 2.35. The van der Waals surface area contributed by atoms with Crippen LogP contribution in [0.2, 0.25) is 0 Å². The van der Waals surface area contributed by atoms with E-state index >= 15 is 0 Å². The lowest BCUT2D eigenvalue weighted by atomic mass is 10.5. The number of nitrogens with zero attached hydrogens (tertiary/aromatic N) is 2. The molecule has 0 atom stereocenters. The molecule has 76 valence electrons. The molecule has 0 aliphatic heterocycles. The van der Waals surface area contributed by atoms with Crippen LogP contribution in [0.5, 0.6) is 5.88 Å². The normalized spacial score (nSPS) is 15.6. The first kappa shape index (κ1) is 9.24. The highest BCUT2D eigenvalue weighted by Gasteiger charge is 2.21. The molecule has 1 N–H and O–H groups in total. The zero-order chi connectivity index (χ0) is 9.97. The van der Waals surface area contributed by atoms with Crippen LogP contribution in [-0.2, 0) is 0 Å². The van der Waals surface area contributed by atoms with E-state index in [4.69, 9.17) is 4.74 Å². The average molecular weight is 193 g/mol. The van der Waals surface area contributed by atoms with Crippen LogP contribution in [0.4, 0.5) is 5.95 Å². The van der Waals surface area contributed by atoms with Crippen molar-refractivity contribution in [3.63, 3.8) is 0 Å². The molecule has 1 aromatic rings. The quantitative estimate of drug-likeness (QED) is 0.792. The summed E-state index contributed by atoms with van der Waals surface area (Å²) in [6.07, 6.45) is 4.31. The Labute approximate surface area is 83.7 Å². The van der Waals surface area contributed by atoms with Crippen molar-refractivity contribution in [1.29, 1.82) is 0 Å². The monoisotopic (exact) mass is 193 g/mol. The molecule has 0 unspecified atom stereocenters. The fourth-order valence-electron chi connectivity index (χ4n) is 1.13. The Balaban J connectivity index is 2.01. The Kier molecular flexibility index (Phi) is 2.52. The molecule has 0 radical (unpaired) electrons. The minimum Gasteiger partial charge on any atom is -0.475 e. The van der Waals surface area contributed by atoms with Crippen molar-refractivity contribution < 1.29 is 4.74 Å². The Morgan fingerprint density at radius 2 is 2.29 bits per heavy atom. The number of hydrogen-bond acceptors (Lipinski definition) is 4. The van der Waals surface area contributed by atoms with Gasteiger partial charge in [0.25, 0.3) is 0 Å². The first-order valence-electron chi connectivity index (χ1n) is 5.00. The summed E-state index contributed by atoms with van der Waals surface area (Å²) < 4.78 is 5.47. The minimum absolute atomic E-state index is 0.152. The second kappa shape index (κ2) is 3.82. The molecule has 1 saturated carbocycles. The summed E-state index contributed by atoms with van der Waals surface area (Å²) in [4.78, 5) is 8.37. The number of anilines is 1. The molecule has 1 aromatic heterocycles. The Bertz CT molecular complexity index is 291. The van der Waals surface area contributed by atoms with Gasteiger partial charge in [-0.15, -0.1) is 0 Å². The van der Waals surface area contributed by atoms with Crippen molar-refractivity contribution in [2.75, 3.05) is 5.32 Å². The van der Waals surface area contributed by atoms with Crippen LogP contribution >= 0.6 is 0 Å². The van der Waals surface area contributed by atoms with Gasteiger partial charge in [-0.05, 0) is 26.7 Å². The largest absolute Gasteiger partial charge is 0.475 e. The van der Waals surface area contributed by atoms with Gasteiger partial charge in [0.05, 0.1) is 6.10 Å². The van der Waals surface area contributed by atoms with Crippen molar-refractivity contribution in [2.45, 2.75) is 38.8 Å². The summed E-state index contributed by atoms with van der Waals surface area (Å²) in [7, 11) is 0. The van der Waals surface area contributed by atoms with Gasteiger partial charge in [-0.3, -0.25) is 0 Å². The molecule has 2 rings (SSSR count). The second-order valence-electron chi connectivity index (χ2n) is 3.80. The maximum atomic E-state index is 5.47. The summed E-state index contributed by atoms with van der Waals surface area (Å²) in [6.45, 7) is 3.96. The van der Waals surface area contributed by atoms with Crippen LogP contribution in [0.3, 0.4) is 0 Å². The van der Waals surface area contributed by atoms with E-state index in [1.54, 1.807) is 12.3 Å². The lowest BCUT2D eigenvalue weighted by molar-refractivity contribution is 0.232. The lowest BCUT2D eigenvalue weighted by Gasteiger charge is -2.09. The van der Waals surface area contributed by atoms with Crippen molar-refractivity contribution in [3.8, 4) is 5.88 Å². The molecular weight excluding hydrogens is 178 g/mol. The van der Waals surface area contributed by atoms with Crippen LogP contribution in [-0.4, -0.2) is 22.1 Å². The average Bonchev–Trinajstić information content (AvgIpc) is 2.87. The zero-order valence-corrected chi connectivity index (χ0v) is 8.53. The van der Waals surface area contributed by atoms with E-state index in [-0.39, 0.29) is 6.10 Å². The number of aromatic nitrogens is 2.